The molecule has 1 aliphatic heterocycles. The van der Waals surface area contributed by atoms with Gasteiger partial charge in [-0.05, 0) is 49.4 Å². The predicted molar refractivity (Wildman–Crippen MR) is 92.0 cm³/mol. The lowest BCUT2D eigenvalue weighted by atomic mass is 10.0. The molecule has 2 atom stereocenters. The first kappa shape index (κ1) is 14.3. The summed E-state index contributed by atoms with van der Waals surface area (Å²) in [5, 5.41) is 17.4. The zero-order valence-corrected chi connectivity index (χ0v) is 13.4. The number of halogens is 2. The molecule has 2 N–H and O–H groups in total. The van der Waals surface area contributed by atoms with Gasteiger partial charge in [-0.15, -0.1) is 0 Å². The van der Waals surface area contributed by atoms with E-state index >= 15 is 0 Å². The molecule has 1 aliphatic rings. The molecule has 114 valence electrons. The number of hydrogen-bond acceptors (Lipinski definition) is 2. The van der Waals surface area contributed by atoms with E-state index in [-0.39, 0.29) is 12.1 Å². The molecule has 0 radical (unpaired) electrons. The van der Waals surface area contributed by atoms with Gasteiger partial charge in [-0.2, -0.15) is 0 Å². The molecule has 2 heterocycles. The minimum atomic E-state index is -0.355. The minimum absolute atomic E-state index is 0.0103. The quantitative estimate of drug-likeness (QED) is 0.705. The van der Waals surface area contributed by atoms with Gasteiger partial charge in [0.25, 0.3) is 0 Å². The highest BCUT2D eigenvalue weighted by atomic mass is 35.5. The third kappa shape index (κ3) is 2.20. The molecule has 1 saturated heterocycles. The van der Waals surface area contributed by atoms with Crippen molar-refractivity contribution in [2.75, 3.05) is 13.1 Å². The number of aliphatic hydroxyl groups is 1. The van der Waals surface area contributed by atoms with Gasteiger partial charge in [0.15, 0.2) is 0 Å². The number of hydrogen-bond donors (Lipinski definition) is 2. The van der Waals surface area contributed by atoms with E-state index < -0.39 is 0 Å². The van der Waals surface area contributed by atoms with E-state index in [1.165, 1.54) is 0 Å². The smallest absolute Gasteiger partial charge is 0.0772 e. The van der Waals surface area contributed by atoms with Crippen molar-refractivity contribution in [3.8, 4) is 0 Å². The van der Waals surface area contributed by atoms with Crippen molar-refractivity contribution in [1.82, 2.24) is 9.88 Å². The fourth-order valence-corrected chi connectivity index (χ4v) is 3.79. The number of nitrogens with one attached hydrogen (secondary N) is 1. The molecule has 3 nitrogen and oxygen atoms in total. The Labute approximate surface area is 138 Å². The summed E-state index contributed by atoms with van der Waals surface area (Å²) in [6.45, 7) is 1.61. The van der Waals surface area contributed by atoms with E-state index in [0.29, 0.717) is 10.0 Å². The van der Waals surface area contributed by atoms with E-state index in [4.69, 9.17) is 23.2 Å². The van der Waals surface area contributed by atoms with Crippen molar-refractivity contribution >= 4 is 45.0 Å². The molecular weight excluding hydrogens is 319 g/mol. The van der Waals surface area contributed by atoms with Gasteiger partial charge in [0.2, 0.25) is 0 Å². The molecule has 0 bridgehead atoms. The minimum Gasteiger partial charge on any atom is -0.391 e. The normalized spacial score (nSPS) is 22.5. The number of nitrogens with zero attached hydrogens (tertiary/aromatic N) is 1. The molecule has 2 aromatic carbocycles. The topological polar surface area (TPSA) is 37.2 Å². The van der Waals surface area contributed by atoms with Gasteiger partial charge < -0.3 is 15.0 Å². The standard InChI is InChI=1S/C17H16Cl2N2O/c18-10-1-3-14-12(7-10)13-8-11(19)2-4-15(13)21(14)16-9-20-6-5-17(16)22/h1-4,7-8,16-17,20,22H,5-6,9H2/t16-,17-/m1/s1. The Morgan fingerprint density at radius 3 is 2.14 bits per heavy atom. The van der Waals surface area contributed by atoms with Crippen molar-refractivity contribution in [2.45, 2.75) is 18.6 Å². The van der Waals surface area contributed by atoms with Crippen LogP contribution in [-0.2, 0) is 0 Å². The van der Waals surface area contributed by atoms with Crippen LogP contribution in [0.15, 0.2) is 36.4 Å². The van der Waals surface area contributed by atoms with Crippen LogP contribution in [0.5, 0.6) is 0 Å². The van der Waals surface area contributed by atoms with Crippen LogP contribution in [0, 0.1) is 0 Å². The average Bonchev–Trinajstić information content (AvgIpc) is 2.81. The maximum absolute atomic E-state index is 10.5. The Morgan fingerprint density at radius 2 is 1.59 bits per heavy atom. The molecule has 22 heavy (non-hydrogen) atoms. The molecule has 0 saturated carbocycles. The molecule has 3 aromatic rings. The summed E-state index contributed by atoms with van der Waals surface area (Å²) in [7, 11) is 0. The summed E-state index contributed by atoms with van der Waals surface area (Å²) in [4.78, 5) is 0. The number of piperidine rings is 1. The van der Waals surface area contributed by atoms with E-state index in [9.17, 15) is 5.11 Å². The average molecular weight is 335 g/mol. The lowest BCUT2D eigenvalue weighted by molar-refractivity contribution is 0.0881. The fourth-order valence-electron chi connectivity index (χ4n) is 3.45. The maximum atomic E-state index is 10.5. The Hall–Kier alpha value is -1.26. The second kappa shape index (κ2) is 5.43. The van der Waals surface area contributed by atoms with Crippen LogP contribution in [0.1, 0.15) is 12.5 Å². The number of fused-ring (bicyclic) bond motifs is 3. The van der Waals surface area contributed by atoms with Crippen molar-refractivity contribution < 1.29 is 5.11 Å². The van der Waals surface area contributed by atoms with Crippen molar-refractivity contribution in [2.24, 2.45) is 0 Å². The highest BCUT2D eigenvalue weighted by Gasteiger charge is 2.27. The van der Waals surface area contributed by atoms with Crippen LogP contribution in [0.2, 0.25) is 10.0 Å². The van der Waals surface area contributed by atoms with E-state index in [0.717, 1.165) is 41.3 Å². The Bertz CT molecular complexity index is 799. The number of aromatic nitrogens is 1. The van der Waals surface area contributed by atoms with Gasteiger partial charge in [-0.1, -0.05) is 23.2 Å². The zero-order valence-electron chi connectivity index (χ0n) is 11.9. The maximum Gasteiger partial charge on any atom is 0.0772 e. The predicted octanol–water partition coefficient (Wildman–Crippen LogP) is 4.00. The third-order valence-corrected chi connectivity index (χ3v) is 4.94. The monoisotopic (exact) mass is 334 g/mol. The third-order valence-electron chi connectivity index (χ3n) is 4.47. The summed E-state index contributed by atoms with van der Waals surface area (Å²) in [6, 6.07) is 11.8. The highest BCUT2D eigenvalue weighted by Crippen LogP contribution is 2.36. The van der Waals surface area contributed by atoms with Crippen LogP contribution in [-0.4, -0.2) is 28.9 Å². The Kier molecular flexibility index (Phi) is 3.54. The summed E-state index contributed by atoms with van der Waals surface area (Å²) in [5.74, 6) is 0. The summed E-state index contributed by atoms with van der Waals surface area (Å²) in [5.41, 5.74) is 2.16. The van der Waals surface area contributed by atoms with Gasteiger partial charge >= 0.3 is 0 Å². The molecule has 0 amide bonds. The number of benzene rings is 2. The molecule has 5 heteroatoms. The van der Waals surface area contributed by atoms with Crippen LogP contribution < -0.4 is 5.32 Å². The molecule has 0 aliphatic carbocycles. The van der Waals surface area contributed by atoms with Gasteiger partial charge in [-0.25, -0.2) is 0 Å². The van der Waals surface area contributed by atoms with Crippen LogP contribution in [0.25, 0.3) is 21.8 Å². The second-order valence-corrected chi connectivity index (χ2v) is 6.69. The molecular formula is C17H16Cl2N2O. The lowest BCUT2D eigenvalue weighted by Crippen LogP contribution is -2.41. The fraction of sp³-hybridized carbons (Fsp3) is 0.294. The summed E-state index contributed by atoms with van der Waals surface area (Å²) >= 11 is 12.4. The van der Waals surface area contributed by atoms with E-state index in [1.54, 1.807) is 0 Å². The number of aliphatic hydroxyl groups excluding tert-OH is 1. The molecule has 0 unspecified atom stereocenters. The molecule has 1 fully saturated rings. The van der Waals surface area contributed by atoms with Crippen LogP contribution in [0.3, 0.4) is 0 Å². The SMILES string of the molecule is O[C@@H]1CCNC[C@H]1n1c2ccc(Cl)cc2c2cc(Cl)ccc21. The second-order valence-electron chi connectivity index (χ2n) is 5.82. The molecule has 0 spiro atoms. The van der Waals surface area contributed by atoms with Crippen molar-refractivity contribution in [3.05, 3.63) is 46.4 Å². The van der Waals surface area contributed by atoms with Crippen LogP contribution >= 0.6 is 23.2 Å². The van der Waals surface area contributed by atoms with Gasteiger partial charge in [-0.3, -0.25) is 0 Å². The Balaban J connectivity index is 2.06. The van der Waals surface area contributed by atoms with E-state index in [2.05, 4.69) is 9.88 Å². The zero-order chi connectivity index (χ0) is 15.3. The first-order valence-corrected chi connectivity index (χ1v) is 8.18. The number of rotatable bonds is 1. The lowest BCUT2D eigenvalue weighted by Gasteiger charge is -2.31. The van der Waals surface area contributed by atoms with E-state index in [1.807, 2.05) is 36.4 Å². The molecule has 4 rings (SSSR count). The first-order valence-electron chi connectivity index (χ1n) is 7.42. The summed E-state index contributed by atoms with van der Waals surface area (Å²) < 4.78 is 2.22. The summed E-state index contributed by atoms with van der Waals surface area (Å²) in [6.07, 6.45) is 0.402. The van der Waals surface area contributed by atoms with Gasteiger partial charge in [0.05, 0.1) is 12.1 Å². The first-order chi connectivity index (χ1) is 10.6. The Morgan fingerprint density at radius 1 is 1.00 bits per heavy atom. The van der Waals surface area contributed by atoms with Crippen LogP contribution in [0.4, 0.5) is 0 Å². The van der Waals surface area contributed by atoms with Gasteiger partial charge in [0.1, 0.15) is 0 Å². The van der Waals surface area contributed by atoms with Crippen molar-refractivity contribution in [1.29, 1.82) is 0 Å². The molecule has 1 aromatic heterocycles. The largest absolute Gasteiger partial charge is 0.391 e. The highest BCUT2D eigenvalue weighted by molar-refractivity contribution is 6.33. The van der Waals surface area contributed by atoms with Crippen molar-refractivity contribution in [3.63, 3.8) is 0 Å². The van der Waals surface area contributed by atoms with Gasteiger partial charge in [0, 0.05) is 38.4 Å².